The molecule has 0 bridgehead atoms. The van der Waals surface area contributed by atoms with E-state index in [4.69, 9.17) is 9.73 Å². The Hall–Kier alpha value is -1.13. The summed E-state index contributed by atoms with van der Waals surface area (Å²) >= 11 is 0. The van der Waals surface area contributed by atoms with Gasteiger partial charge >= 0.3 is 0 Å². The van der Waals surface area contributed by atoms with E-state index in [0.717, 1.165) is 63.5 Å². The van der Waals surface area contributed by atoms with Crippen LogP contribution in [-0.4, -0.2) is 73.9 Å². The number of aliphatic hydroxyl groups excluding tert-OH is 1. The molecule has 1 fully saturated rings. The van der Waals surface area contributed by atoms with Crippen LogP contribution in [0.5, 0.6) is 5.75 Å². The highest BCUT2D eigenvalue weighted by Gasteiger charge is 2.16. The highest BCUT2D eigenvalue weighted by Crippen LogP contribution is 2.18. The molecule has 2 rings (SSSR count). The van der Waals surface area contributed by atoms with Crippen LogP contribution < -0.4 is 10.1 Å². The molecule has 0 spiro atoms. The van der Waals surface area contributed by atoms with Crippen molar-refractivity contribution < 1.29 is 14.2 Å². The monoisotopic (exact) mass is 508 g/mol. The second-order valence-corrected chi connectivity index (χ2v) is 6.99. The Labute approximate surface area is 185 Å². The van der Waals surface area contributed by atoms with Gasteiger partial charge < -0.3 is 25.0 Å². The summed E-state index contributed by atoms with van der Waals surface area (Å²) < 4.78 is 18.9. The van der Waals surface area contributed by atoms with Crippen LogP contribution in [0.4, 0.5) is 4.39 Å². The lowest BCUT2D eigenvalue weighted by molar-refractivity contribution is 0.0824. The first-order chi connectivity index (χ1) is 13.0. The van der Waals surface area contributed by atoms with Crippen LogP contribution in [0.2, 0.25) is 0 Å². The van der Waals surface area contributed by atoms with Crippen LogP contribution in [0.25, 0.3) is 0 Å². The van der Waals surface area contributed by atoms with Crippen molar-refractivity contribution in [2.45, 2.75) is 38.8 Å². The molecule has 28 heavy (non-hydrogen) atoms. The zero-order chi connectivity index (χ0) is 19.6. The standard InChI is InChI=1S/C20H33FN4O2.HI/c1-4-22-20(23-10-5-11-25-12-8-17(26)9-13-25)24(2)15-16-6-7-19(27-3)18(21)14-16;/h6-7,14,17,26H,4-5,8-13,15H2,1-3H3,(H,22,23);1H. The summed E-state index contributed by atoms with van der Waals surface area (Å²) in [6.07, 6.45) is 2.59. The Bertz CT molecular complexity index is 610. The summed E-state index contributed by atoms with van der Waals surface area (Å²) in [5.74, 6) is 0.729. The van der Waals surface area contributed by atoms with E-state index in [0.29, 0.717) is 6.54 Å². The second kappa shape index (κ2) is 13.2. The van der Waals surface area contributed by atoms with E-state index in [2.05, 4.69) is 10.2 Å². The van der Waals surface area contributed by atoms with Crippen LogP contribution in [0.15, 0.2) is 23.2 Å². The quantitative estimate of drug-likeness (QED) is 0.245. The van der Waals surface area contributed by atoms with Gasteiger partial charge in [-0.15, -0.1) is 24.0 Å². The Kier molecular flexibility index (Phi) is 11.7. The van der Waals surface area contributed by atoms with Gasteiger partial charge in [-0.2, -0.15) is 0 Å². The lowest BCUT2D eigenvalue weighted by Gasteiger charge is -2.29. The maximum Gasteiger partial charge on any atom is 0.193 e. The summed E-state index contributed by atoms with van der Waals surface area (Å²) in [7, 11) is 3.42. The number of piperidine rings is 1. The number of hydrogen-bond acceptors (Lipinski definition) is 4. The van der Waals surface area contributed by atoms with Crippen molar-refractivity contribution in [2.75, 3.05) is 46.9 Å². The molecule has 0 radical (unpaired) electrons. The van der Waals surface area contributed by atoms with E-state index in [1.54, 1.807) is 6.07 Å². The topological polar surface area (TPSA) is 60.3 Å². The van der Waals surface area contributed by atoms with Gasteiger partial charge in [0.05, 0.1) is 13.2 Å². The van der Waals surface area contributed by atoms with Gasteiger partial charge in [-0.05, 0) is 50.4 Å². The minimum atomic E-state index is -0.350. The van der Waals surface area contributed by atoms with Gasteiger partial charge in [0, 0.05) is 39.8 Å². The predicted molar refractivity (Wildman–Crippen MR) is 122 cm³/mol. The van der Waals surface area contributed by atoms with Crippen LogP contribution >= 0.6 is 24.0 Å². The molecule has 0 unspecified atom stereocenters. The van der Waals surface area contributed by atoms with Gasteiger partial charge in [-0.1, -0.05) is 6.07 Å². The van der Waals surface area contributed by atoms with Crippen molar-refractivity contribution in [3.05, 3.63) is 29.6 Å². The van der Waals surface area contributed by atoms with Gasteiger partial charge in [0.25, 0.3) is 0 Å². The lowest BCUT2D eigenvalue weighted by Crippen LogP contribution is -2.39. The lowest BCUT2D eigenvalue weighted by atomic mass is 10.1. The summed E-state index contributed by atoms with van der Waals surface area (Å²) in [6.45, 7) is 7.06. The Morgan fingerprint density at radius 1 is 1.39 bits per heavy atom. The molecule has 1 aliphatic heterocycles. The smallest absolute Gasteiger partial charge is 0.193 e. The molecule has 160 valence electrons. The normalized spacial score (nSPS) is 15.8. The van der Waals surface area contributed by atoms with Crippen LogP contribution in [-0.2, 0) is 6.54 Å². The fraction of sp³-hybridized carbons (Fsp3) is 0.650. The van der Waals surface area contributed by atoms with E-state index in [9.17, 15) is 9.50 Å². The molecular weight excluding hydrogens is 474 g/mol. The Balaban J connectivity index is 0.00000392. The fourth-order valence-electron chi connectivity index (χ4n) is 3.25. The van der Waals surface area contributed by atoms with Gasteiger partial charge in [-0.3, -0.25) is 4.99 Å². The number of halogens is 2. The van der Waals surface area contributed by atoms with E-state index in [1.165, 1.54) is 13.2 Å². The molecule has 1 heterocycles. The summed E-state index contributed by atoms with van der Waals surface area (Å²) in [6, 6.07) is 5.02. The average molecular weight is 508 g/mol. The molecule has 2 N–H and O–H groups in total. The van der Waals surface area contributed by atoms with Crippen molar-refractivity contribution in [3.63, 3.8) is 0 Å². The molecule has 0 atom stereocenters. The maximum atomic E-state index is 13.9. The minimum absolute atomic E-state index is 0. The van der Waals surface area contributed by atoms with Gasteiger partial charge in [0.2, 0.25) is 0 Å². The highest BCUT2D eigenvalue weighted by molar-refractivity contribution is 14.0. The molecule has 0 aromatic heterocycles. The molecule has 1 aromatic carbocycles. The zero-order valence-electron chi connectivity index (χ0n) is 17.2. The van der Waals surface area contributed by atoms with Crippen LogP contribution in [0, 0.1) is 5.82 Å². The third-order valence-corrected chi connectivity index (χ3v) is 4.78. The van der Waals surface area contributed by atoms with Gasteiger partial charge in [0.15, 0.2) is 17.5 Å². The van der Waals surface area contributed by atoms with Gasteiger partial charge in [0.1, 0.15) is 0 Å². The molecule has 8 heteroatoms. The predicted octanol–water partition coefficient (Wildman–Crippen LogP) is 2.70. The average Bonchev–Trinajstić information content (AvgIpc) is 2.66. The molecule has 1 aliphatic rings. The number of methoxy groups -OCH3 is 1. The van der Waals surface area contributed by atoms with E-state index in [1.807, 2.05) is 24.9 Å². The molecule has 1 saturated heterocycles. The van der Waals surface area contributed by atoms with Crippen molar-refractivity contribution in [1.82, 2.24) is 15.1 Å². The summed E-state index contributed by atoms with van der Waals surface area (Å²) in [4.78, 5) is 9.09. The summed E-state index contributed by atoms with van der Waals surface area (Å²) in [5.41, 5.74) is 0.869. The largest absolute Gasteiger partial charge is 0.494 e. The number of benzene rings is 1. The second-order valence-electron chi connectivity index (χ2n) is 6.99. The number of nitrogens with zero attached hydrogens (tertiary/aromatic N) is 3. The number of guanidine groups is 1. The number of aliphatic hydroxyl groups is 1. The summed E-state index contributed by atoms with van der Waals surface area (Å²) in [5, 5.41) is 12.9. The first-order valence-electron chi connectivity index (χ1n) is 9.75. The molecule has 0 amide bonds. The van der Waals surface area contributed by atoms with E-state index >= 15 is 0 Å². The van der Waals surface area contributed by atoms with Crippen LogP contribution in [0.1, 0.15) is 31.7 Å². The number of rotatable bonds is 8. The molecule has 6 nitrogen and oxygen atoms in total. The SMILES string of the molecule is CCNC(=NCCCN1CCC(O)CC1)N(C)Cc1ccc(OC)c(F)c1.I. The van der Waals surface area contributed by atoms with Crippen molar-refractivity contribution in [1.29, 1.82) is 0 Å². The Morgan fingerprint density at radius 2 is 2.11 bits per heavy atom. The number of hydrogen-bond donors (Lipinski definition) is 2. The molecular formula is C20H34FIN4O2. The van der Waals surface area contributed by atoms with Crippen LogP contribution in [0.3, 0.4) is 0 Å². The van der Waals surface area contributed by atoms with Crippen molar-refractivity contribution >= 4 is 29.9 Å². The van der Waals surface area contributed by atoms with E-state index in [-0.39, 0.29) is 41.6 Å². The van der Waals surface area contributed by atoms with Crippen molar-refractivity contribution in [3.8, 4) is 5.75 Å². The number of ether oxygens (including phenoxy) is 1. The minimum Gasteiger partial charge on any atom is -0.494 e. The number of nitrogens with one attached hydrogen (secondary N) is 1. The number of aliphatic imine (C=N–C) groups is 1. The maximum absolute atomic E-state index is 13.9. The molecule has 1 aromatic rings. The highest BCUT2D eigenvalue weighted by atomic mass is 127. The first-order valence-corrected chi connectivity index (χ1v) is 9.75. The van der Waals surface area contributed by atoms with Gasteiger partial charge in [-0.25, -0.2) is 4.39 Å². The molecule has 0 aliphatic carbocycles. The van der Waals surface area contributed by atoms with E-state index < -0.39 is 0 Å². The van der Waals surface area contributed by atoms with Crippen molar-refractivity contribution in [2.24, 2.45) is 4.99 Å². The zero-order valence-corrected chi connectivity index (χ0v) is 19.5. The Morgan fingerprint density at radius 3 is 2.71 bits per heavy atom. The number of likely N-dealkylation sites (tertiary alicyclic amines) is 1. The third-order valence-electron chi connectivity index (χ3n) is 4.78. The fourth-order valence-corrected chi connectivity index (χ4v) is 3.25. The molecule has 0 saturated carbocycles. The first kappa shape index (κ1) is 24.9. The third kappa shape index (κ3) is 8.08.